The molecule has 1 saturated heterocycles. The van der Waals surface area contributed by atoms with Crippen molar-refractivity contribution in [2.45, 2.75) is 20.3 Å². The summed E-state index contributed by atoms with van der Waals surface area (Å²) < 4.78 is 5.18. The number of benzene rings is 1. The largest absolute Gasteiger partial charge is 0.371 e. The van der Waals surface area contributed by atoms with Gasteiger partial charge in [0, 0.05) is 30.7 Å². The number of pyridine rings is 1. The lowest BCUT2D eigenvalue weighted by molar-refractivity contribution is -0.125. The number of carbonyl (C=O) groups is 2. The van der Waals surface area contributed by atoms with E-state index >= 15 is 0 Å². The Kier molecular flexibility index (Phi) is 7.19. The average molecular weight is 396 g/mol. The SMILES string of the molecule is C[C@@H]1C[C@H](C)CN(c2ccc(NC(=O)COCC(=O)Nc3ccccn3)cc2)C1. The highest BCUT2D eigenvalue weighted by Gasteiger charge is 2.21. The maximum absolute atomic E-state index is 12.0. The third kappa shape index (κ3) is 6.57. The molecule has 7 nitrogen and oxygen atoms in total. The second-order valence-electron chi connectivity index (χ2n) is 7.70. The number of nitrogens with zero attached hydrogens (tertiary/aromatic N) is 2. The Hall–Kier alpha value is -2.93. The van der Waals surface area contributed by atoms with E-state index in [0.717, 1.165) is 13.1 Å². The first kappa shape index (κ1) is 20.8. The number of nitrogens with one attached hydrogen (secondary N) is 2. The molecule has 2 atom stereocenters. The van der Waals surface area contributed by atoms with E-state index in [2.05, 4.69) is 34.4 Å². The number of hydrogen-bond donors (Lipinski definition) is 2. The summed E-state index contributed by atoms with van der Waals surface area (Å²) in [4.78, 5) is 30.2. The number of ether oxygens (including phenoxy) is 1. The minimum atomic E-state index is -0.356. The van der Waals surface area contributed by atoms with Gasteiger partial charge in [-0.25, -0.2) is 4.98 Å². The van der Waals surface area contributed by atoms with E-state index in [9.17, 15) is 9.59 Å². The topological polar surface area (TPSA) is 83.6 Å². The van der Waals surface area contributed by atoms with Gasteiger partial charge in [-0.2, -0.15) is 0 Å². The van der Waals surface area contributed by atoms with Crippen molar-refractivity contribution in [1.82, 2.24) is 4.98 Å². The van der Waals surface area contributed by atoms with E-state index in [1.807, 2.05) is 24.3 Å². The zero-order valence-corrected chi connectivity index (χ0v) is 16.9. The molecule has 0 radical (unpaired) electrons. The van der Waals surface area contributed by atoms with Gasteiger partial charge < -0.3 is 20.3 Å². The number of carbonyl (C=O) groups excluding carboxylic acids is 2. The number of piperidine rings is 1. The Morgan fingerprint density at radius 1 is 1.00 bits per heavy atom. The molecular formula is C22H28N4O3. The van der Waals surface area contributed by atoms with Crippen LogP contribution in [-0.4, -0.2) is 43.1 Å². The van der Waals surface area contributed by atoms with E-state index in [-0.39, 0.29) is 25.0 Å². The van der Waals surface area contributed by atoms with Gasteiger partial charge in [-0.1, -0.05) is 19.9 Å². The zero-order valence-electron chi connectivity index (χ0n) is 16.9. The van der Waals surface area contributed by atoms with Crippen molar-refractivity contribution < 1.29 is 14.3 Å². The third-order valence-corrected chi connectivity index (χ3v) is 4.78. The van der Waals surface area contributed by atoms with E-state index < -0.39 is 0 Å². The molecule has 1 fully saturated rings. The van der Waals surface area contributed by atoms with Crippen molar-refractivity contribution >= 4 is 29.0 Å². The number of anilines is 3. The van der Waals surface area contributed by atoms with Crippen LogP contribution in [0.4, 0.5) is 17.2 Å². The Bertz CT molecular complexity index is 801. The van der Waals surface area contributed by atoms with Crippen molar-refractivity contribution in [3.8, 4) is 0 Å². The lowest BCUT2D eigenvalue weighted by atomic mass is 9.91. The molecular weight excluding hydrogens is 368 g/mol. The Morgan fingerprint density at radius 2 is 1.66 bits per heavy atom. The van der Waals surface area contributed by atoms with Crippen molar-refractivity contribution in [2.75, 3.05) is 41.8 Å². The van der Waals surface area contributed by atoms with Crippen molar-refractivity contribution in [1.29, 1.82) is 0 Å². The van der Waals surface area contributed by atoms with E-state index in [1.165, 1.54) is 12.1 Å². The molecule has 1 aromatic heterocycles. The van der Waals surface area contributed by atoms with Crippen LogP contribution in [0.2, 0.25) is 0 Å². The van der Waals surface area contributed by atoms with E-state index in [0.29, 0.717) is 23.3 Å². The molecule has 7 heteroatoms. The quantitative estimate of drug-likeness (QED) is 0.751. The summed E-state index contributed by atoms with van der Waals surface area (Å²) in [5, 5.41) is 5.38. The monoisotopic (exact) mass is 396 g/mol. The van der Waals surface area contributed by atoms with Crippen LogP contribution in [0.25, 0.3) is 0 Å². The number of rotatable bonds is 7. The predicted octanol–water partition coefficient (Wildman–Crippen LogP) is 3.16. The van der Waals surface area contributed by atoms with Gasteiger partial charge in [0.05, 0.1) is 0 Å². The Labute approximate surface area is 171 Å². The molecule has 0 unspecified atom stereocenters. The molecule has 1 aliphatic rings. The van der Waals surface area contributed by atoms with Crippen molar-refractivity contribution in [3.05, 3.63) is 48.7 Å². The highest BCUT2D eigenvalue weighted by Crippen LogP contribution is 2.27. The summed E-state index contributed by atoms with van der Waals surface area (Å²) in [5.41, 5.74) is 1.88. The number of hydrogen-bond acceptors (Lipinski definition) is 5. The molecule has 0 spiro atoms. The van der Waals surface area contributed by atoms with Crippen LogP contribution in [0.3, 0.4) is 0 Å². The average Bonchev–Trinajstić information content (AvgIpc) is 2.68. The molecule has 1 aliphatic heterocycles. The maximum Gasteiger partial charge on any atom is 0.251 e. The van der Waals surface area contributed by atoms with Crippen LogP contribution >= 0.6 is 0 Å². The zero-order chi connectivity index (χ0) is 20.6. The molecule has 1 aromatic carbocycles. The van der Waals surface area contributed by atoms with Gasteiger partial charge in [0.1, 0.15) is 19.0 Å². The summed E-state index contributed by atoms with van der Waals surface area (Å²) in [6, 6.07) is 13.1. The molecule has 0 saturated carbocycles. The molecule has 154 valence electrons. The smallest absolute Gasteiger partial charge is 0.251 e. The summed E-state index contributed by atoms with van der Waals surface area (Å²) >= 11 is 0. The van der Waals surface area contributed by atoms with Crippen molar-refractivity contribution in [3.63, 3.8) is 0 Å². The third-order valence-electron chi connectivity index (χ3n) is 4.78. The normalized spacial score (nSPS) is 18.9. The van der Waals surface area contributed by atoms with E-state index in [4.69, 9.17) is 4.74 Å². The summed E-state index contributed by atoms with van der Waals surface area (Å²) in [7, 11) is 0. The van der Waals surface area contributed by atoms with Gasteiger partial charge in [0.2, 0.25) is 5.91 Å². The fraction of sp³-hybridized carbons (Fsp3) is 0.409. The van der Waals surface area contributed by atoms with Crippen molar-refractivity contribution in [2.24, 2.45) is 11.8 Å². The second kappa shape index (κ2) is 10.0. The van der Waals surface area contributed by atoms with Gasteiger partial charge in [0.25, 0.3) is 5.91 Å². The van der Waals surface area contributed by atoms with Crippen LogP contribution in [0.1, 0.15) is 20.3 Å². The molecule has 2 N–H and O–H groups in total. The van der Waals surface area contributed by atoms with Crippen LogP contribution < -0.4 is 15.5 Å². The second-order valence-corrected chi connectivity index (χ2v) is 7.70. The van der Waals surface area contributed by atoms with Crippen LogP contribution in [0, 0.1) is 11.8 Å². The van der Waals surface area contributed by atoms with Gasteiger partial charge in [-0.15, -0.1) is 0 Å². The molecule has 0 bridgehead atoms. The van der Waals surface area contributed by atoms with E-state index in [1.54, 1.807) is 24.4 Å². The predicted molar refractivity (Wildman–Crippen MR) is 114 cm³/mol. The summed E-state index contributed by atoms with van der Waals surface area (Å²) in [6.45, 7) is 6.28. The Balaban J connectivity index is 1.40. The first-order chi connectivity index (χ1) is 14.0. The van der Waals surface area contributed by atoms with Gasteiger partial charge >= 0.3 is 0 Å². The minimum absolute atomic E-state index is 0.196. The molecule has 0 aliphatic carbocycles. The highest BCUT2D eigenvalue weighted by molar-refractivity contribution is 5.93. The highest BCUT2D eigenvalue weighted by atomic mass is 16.5. The molecule has 29 heavy (non-hydrogen) atoms. The van der Waals surface area contributed by atoms with Gasteiger partial charge in [-0.3, -0.25) is 9.59 Å². The van der Waals surface area contributed by atoms with Gasteiger partial charge in [0.15, 0.2) is 0 Å². The number of amides is 2. The Morgan fingerprint density at radius 3 is 2.28 bits per heavy atom. The summed E-state index contributed by atoms with van der Waals surface area (Å²) in [6.07, 6.45) is 2.85. The fourth-order valence-corrected chi connectivity index (χ4v) is 3.68. The summed E-state index contributed by atoms with van der Waals surface area (Å²) in [5.74, 6) is 1.16. The number of aromatic nitrogens is 1. The first-order valence-electron chi connectivity index (χ1n) is 9.93. The van der Waals surface area contributed by atoms with Crippen LogP contribution in [0.5, 0.6) is 0 Å². The standard InChI is InChI=1S/C22H28N4O3/c1-16-11-17(2)13-26(12-16)19-8-6-18(7-9-19)24-21(27)14-29-15-22(28)25-20-5-3-4-10-23-20/h3-10,16-17H,11-15H2,1-2H3,(H,24,27)(H,23,25,28)/t16-,17+. The maximum atomic E-state index is 12.0. The van der Waals surface area contributed by atoms with Gasteiger partial charge in [-0.05, 0) is 54.7 Å². The fourth-order valence-electron chi connectivity index (χ4n) is 3.68. The van der Waals surface area contributed by atoms with Crippen LogP contribution in [0.15, 0.2) is 48.7 Å². The molecule has 2 aromatic rings. The molecule has 2 heterocycles. The lowest BCUT2D eigenvalue weighted by Gasteiger charge is -2.36. The minimum Gasteiger partial charge on any atom is -0.371 e. The molecule has 2 amide bonds. The lowest BCUT2D eigenvalue weighted by Crippen LogP contribution is -2.38. The molecule has 3 rings (SSSR count). The van der Waals surface area contributed by atoms with Crippen LogP contribution in [-0.2, 0) is 14.3 Å². The first-order valence-corrected chi connectivity index (χ1v) is 9.93.